The minimum Gasteiger partial charge on any atom is -0.508 e. The Hall–Kier alpha value is -4.27. The number of carbonyl (C=O) groups is 1. The van der Waals surface area contributed by atoms with Gasteiger partial charge in [-0.3, -0.25) is 4.79 Å². The summed E-state index contributed by atoms with van der Waals surface area (Å²) in [4.78, 5) is 12.9. The fraction of sp³-hybridized carbons (Fsp3) is 0.174. The number of phenolic OH excluding ortho intramolecular Hbond substituents is 7. The van der Waals surface area contributed by atoms with Crippen LogP contribution in [-0.2, 0) is 6.42 Å². The number of hydrogen-bond acceptors (Lipinski definition) is 9. The Balaban J connectivity index is 1.72. The lowest BCUT2D eigenvalue weighted by Gasteiger charge is -2.34. The van der Waals surface area contributed by atoms with E-state index in [-0.39, 0.29) is 47.2 Å². The van der Waals surface area contributed by atoms with Crippen molar-refractivity contribution in [2.75, 3.05) is 0 Å². The minimum absolute atomic E-state index is 0.0363. The van der Waals surface area contributed by atoms with Crippen LogP contribution in [-0.4, -0.2) is 41.5 Å². The van der Waals surface area contributed by atoms with E-state index in [4.69, 9.17) is 4.74 Å². The van der Waals surface area contributed by atoms with E-state index >= 15 is 0 Å². The highest BCUT2D eigenvalue weighted by Gasteiger charge is 2.35. The lowest BCUT2D eigenvalue weighted by Crippen LogP contribution is -2.28. The van der Waals surface area contributed by atoms with Gasteiger partial charge in [-0.05, 0) is 36.2 Å². The fourth-order valence-corrected chi connectivity index (χ4v) is 3.89. The second-order valence-electron chi connectivity index (χ2n) is 7.68. The molecule has 1 aliphatic rings. The van der Waals surface area contributed by atoms with E-state index in [9.17, 15) is 40.5 Å². The van der Waals surface area contributed by atoms with Gasteiger partial charge in [0.2, 0.25) is 0 Å². The van der Waals surface area contributed by atoms with Gasteiger partial charge < -0.3 is 40.5 Å². The molecular formula is C23H20O9. The molecule has 4 rings (SSSR count). The molecule has 9 nitrogen and oxygen atoms in total. The van der Waals surface area contributed by atoms with Crippen LogP contribution >= 0.6 is 0 Å². The molecule has 9 heteroatoms. The van der Waals surface area contributed by atoms with Crippen molar-refractivity contribution in [1.29, 1.82) is 0 Å². The molecule has 0 fully saturated rings. The van der Waals surface area contributed by atoms with Gasteiger partial charge in [-0.2, -0.15) is 0 Å². The first kappa shape index (κ1) is 21.0. The number of carbonyl (C=O) groups excluding carboxylic acids is 1. The zero-order valence-electron chi connectivity index (χ0n) is 16.6. The van der Waals surface area contributed by atoms with Crippen molar-refractivity contribution in [3.63, 3.8) is 0 Å². The number of ketones is 1. The van der Waals surface area contributed by atoms with E-state index in [2.05, 4.69) is 0 Å². The molecule has 166 valence electrons. The zero-order valence-corrected chi connectivity index (χ0v) is 16.6. The zero-order chi connectivity index (χ0) is 23.2. The summed E-state index contributed by atoms with van der Waals surface area (Å²) in [5.41, 5.74) is 0.796. The third kappa shape index (κ3) is 3.76. The highest BCUT2D eigenvalue weighted by atomic mass is 16.5. The summed E-state index contributed by atoms with van der Waals surface area (Å²) < 4.78 is 5.99. The molecule has 2 atom stereocenters. The third-order valence-electron chi connectivity index (χ3n) is 5.49. The number of benzene rings is 3. The second kappa shape index (κ2) is 7.77. The van der Waals surface area contributed by atoms with Crippen LogP contribution in [0.3, 0.4) is 0 Å². The number of ether oxygens (including phenoxy) is 1. The van der Waals surface area contributed by atoms with E-state index in [0.717, 1.165) is 18.2 Å². The molecule has 0 aliphatic carbocycles. The van der Waals surface area contributed by atoms with Gasteiger partial charge in [-0.1, -0.05) is 6.07 Å². The Labute approximate surface area is 181 Å². The van der Waals surface area contributed by atoms with E-state index in [1.54, 1.807) is 0 Å². The number of phenols is 7. The van der Waals surface area contributed by atoms with Crippen LogP contribution < -0.4 is 4.74 Å². The van der Waals surface area contributed by atoms with Crippen LogP contribution in [0.5, 0.6) is 46.0 Å². The molecule has 32 heavy (non-hydrogen) atoms. The average molecular weight is 440 g/mol. The summed E-state index contributed by atoms with van der Waals surface area (Å²) >= 11 is 0. The van der Waals surface area contributed by atoms with Crippen molar-refractivity contribution in [1.82, 2.24) is 0 Å². The SMILES string of the molecule is O=C(C[C@@H]1Cc2c(O)cc(O)cc2O[C@H]1c1ccc(O)c(O)c1)c1cc(O)c(O)c(O)c1. The van der Waals surface area contributed by atoms with Gasteiger partial charge in [0.05, 0.1) is 0 Å². The van der Waals surface area contributed by atoms with Gasteiger partial charge in [0.15, 0.2) is 34.5 Å². The molecule has 7 N–H and O–H groups in total. The van der Waals surface area contributed by atoms with Gasteiger partial charge in [0.1, 0.15) is 23.4 Å². The van der Waals surface area contributed by atoms with Crippen molar-refractivity contribution in [2.45, 2.75) is 18.9 Å². The first-order valence-electron chi connectivity index (χ1n) is 9.65. The lowest BCUT2D eigenvalue weighted by atomic mass is 9.82. The Morgan fingerprint density at radius 1 is 0.812 bits per heavy atom. The van der Waals surface area contributed by atoms with Crippen molar-refractivity contribution in [3.05, 3.63) is 59.2 Å². The molecule has 3 aromatic carbocycles. The summed E-state index contributed by atoms with van der Waals surface area (Å²) in [7, 11) is 0. The van der Waals surface area contributed by atoms with Gasteiger partial charge in [0.25, 0.3) is 0 Å². The lowest BCUT2D eigenvalue weighted by molar-refractivity contribution is 0.0797. The molecule has 0 saturated carbocycles. The Bertz CT molecular complexity index is 1200. The monoisotopic (exact) mass is 440 g/mol. The summed E-state index contributed by atoms with van der Waals surface area (Å²) in [6.45, 7) is 0. The first-order valence-corrected chi connectivity index (χ1v) is 9.65. The number of Topliss-reactive ketones (excluding diaryl/α,β-unsaturated/α-hetero) is 1. The van der Waals surface area contributed by atoms with Gasteiger partial charge in [0, 0.05) is 35.6 Å². The van der Waals surface area contributed by atoms with Gasteiger partial charge in [-0.25, -0.2) is 0 Å². The topological polar surface area (TPSA) is 168 Å². The molecule has 0 unspecified atom stereocenters. The molecule has 1 heterocycles. The van der Waals surface area contributed by atoms with Crippen LogP contribution in [0.2, 0.25) is 0 Å². The average Bonchev–Trinajstić information content (AvgIpc) is 2.73. The van der Waals surface area contributed by atoms with Crippen molar-refractivity contribution >= 4 is 5.78 Å². The van der Waals surface area contributed by atoms with Crippen LogP contribution in [0.1, 0.15) is 34.0 Å². The highest BCUT2D eigenvalue weighted by Crippen LogP contribution is 2.46. The van der Waals surface area contributed by atoms with Crippen LogP contribution in [0.25, 0.3) is 0 Å². The number of hydrogen-bond donors (Lipinski definition) is 7. The molecule has 1 aliphatic heterocycles. The van der Waals surface area contributed by atoms with Crippen LogP contribution in [0.15, 0.2) is 42.5 Å². The molecular weight excluding hydrogens is 420 g/mol. The molecule has 3 aromatic rings. The quantitative estimate of drug-likeness (QED) is 0.238. The Morgan fingerprint density at radius 3 is 2.16 bits per heavy atom. The predicted octanol–water partition coefficient (Wildman–Crippen LogP) is 3.19. The standard InChI is InChI=1S/C23H20O9/c24-13-8-17(27)14-3-12(7-16(26)11-5-19(29)22(31)20(30)6-11)23(32-21(14)9-13)10-1-2-15(25)18(28)4-10/h1-2,4-6,8-9,12,23-25,27-31H,3,7H2/t12-,23-/m0/s1. The highest BCUT2D eigenvalue weighted by molar-refractivity contribution is 5.97. The third-order valence-corrected chi connectivity index (χ3v) is 5.49. The predicted molar refractivity (Wildman–Crippen MR) is 110 cm³/mol. The maximum absolute atomic E-state index is 12.9. The molecule has 0 saturated heterocycles. The second-order valence-corrected chi connectivity index (χ2v) is 7.68. The van der Waals surface area contributed by atoms with Crippen molar-refractivity contribution in [3.8, 4) is 46.0 Å². The summed E-state index contributed by atoms with van der Waals surface area (Å²) in [5.74, 6) is -3.98. The minimum atomic E-state index is -0.793. The van der Waals surface area contributed by atoms with Crippen molar-refractivity contribution < 1.29 is 45.3 Å². The largest absolute Gasteiger partial charge is 0.508 e. The molecule has 0 bridgehead atoms. The van der Waals surface area contributed by atoms with E-state index in [1.807, 2.05) is 0 Å². The maximum Gasteiger partial charge on any atom is 0.200 e. The molecule has 0 amide bonds. The summed E-state index contributed by atoms with van der Waals surface area (Å²) in [6, 6.07) is 8.64. The first-order chi connectivity index (χ1) is 15.1. The summed E-state index contributed by atoms with van der Waals surface area (Å²) in [5, 5.41) is 68.6. The Morgan fingerprint density at radius 2 is 1.50 bits per heavy atom. The Kier molecular flexibility index (Phi) is 5.09. The summed E-state index contributed by atoms with van der Waals surface area (Å²) in [6.07, 6.45) is -0.760. The van der Waals surface area contributed by atoms with Gasteiger partial charge >= 0.3 is 0 Å². The van der Waals surface area contributed by atoms with Crippen LogP contribution in [0.4, 0.5) is 0 Å². The number of aromatic hydroxyl groups is 7. The van der Waals surface area contributed by atoms with Crippen molar-refractivity contribution in [2.24, 2.45) is 5.92 Å². The normalized spacial score (nSPS) is 17.4. The van der Waals surface area contributed by atoms with E-state index in [1.165, 1.54) is 24.3 Å². The maximum atomic E-state index is 12.9. The van der Waals surface area contributed by atoms with E-state index in [0.29, 0.717) is 11.1 Å². The smallest absolute Gasteiger partial charge is 0.200 e. The number of fused-ring (bicyclic) bond motifs is 1. The molecule has 0 aromatic heterocycles. The van der Waals surface area contributed by atoms with Crippen LogP contribution in [0, 0.1) is 5.92 Å². The van der Waals surface area contributed by atoms with E-state index < -0.39 is 35.1 Å². The fourth-order valence-electron chi connectivity index (χ4n) is 3.89. The molecule has 0 spiro atoms. The molecule has 0 radical (unpaired) electrons. The number of rotatable bonds is 4. The van der Waals surface area contributed by atoms with Gasteiger partial charge in [-0.15, -0.1) is 0 Å².